The standard InChI is InChI=1S/C32H53NO5/c1-3-5-7-9-10-12-14-16-28(15-13-11-8-6-4-2)36-30(35)24-29-23-26(33)25-32(37-29)22-21-31(38-32)19-17-27(34)18-20-31/h17-20,26,28-29H,3-16,21-25,33H2,1-2H3/t26?,28?,29?,32-/m0/s1. The van der Waals surface area contributed by atoms with Crippen LogP contribution < -0.4 is 5.73 Å². The molecule has 0 saturated carbocycles. The van der Waals surface area contributed by atoms with E-state index in [0.29, 0.717) is 19.3 Å². The van der Waals surface area contributed by atoms with Crippen molar-refractivity contribution < 1.29 is 23.8 Å². The van der Waals surface area contributed by atoms with Gasteiger partial charge in [-0.3, -0.25) is 9.59 Å². The van der Waals surface area contributed by atoms with E-state index in [4.69, 9.17) is 19.9 Å². The van der Waals surface area contributed by atoms with E-state index >= 15 is 0 Å². The molecule has 2 heterocycles. The summed E-state index contributed by atoms with van der Waals surface area (Å²) in [5, 5.41) is 0. The first kappa shape index (κ1) is 31.0. The lowest BCUT2D eigenvalue weighted by Gasteiger charge is -2.42. The Labute approximate surface area is 231 Å². The molecule has 3 aliphatic rings. The third kappa shape index (κ3) is 10.2. The molecular formula is C32H53NO5. The van der Waals surface area contributed by atoms with Crippen LogP contribution in [0.5, 0.6) is 0 Å². The van der Waals surface area contributed by atoms with Crippen molar-refractivity contribution in [3.05, 3.63) is 24.3 Å². The molecule has 3 rings (SSSR count). The molecule has 0 aromatic rings. The summed E-state index contributed by atoms with van der Waals surface area (Å²) >= 11 is 0. The second-order valence-corrected chi connectivity index (χ2v) is 11.9. The molecule has 1 aliphatic carbocycles. The number of unbranched alkanes of at least 4 members (excludes halogenated alkanes) is 10. The van der Waals surface area contributed by atoms with Gasteiger partial charge < -0.3 is 19.9 Å². The molecule has 0 aromatic heterocycles. The number of allylic oxidation sites excluding steroid dienone is 2. The minimum absolute atomic E-state index is 0.00737. The lowest BCUT2D eigenvalue weighted by molar-refractivity contribution is -0.279. The number of hydrogen-bond donors (Lipinski definition) is 1. The Morgan fingerprint density at radius 3 is 2.13 bits per heavy atom. The van der Waals surface area contributed by atoms with E-state index in [0.717, 1.165) is 32.1 Å². The Kier molecular flexibility index (Phi) is 13.0. The van der Waals surface area contributed by atoms with E-state index in [9.17, 15) is 9.59 Å². The highest BCUT2D eigenvalue weighted by molar-refractivity contribution is 6.00. The fourth-order valence-corrected chi connectivity index (χ4v) is 6.19. The SMILES string of the molecule is CCCCCCCCCC(CCCCCCC)OC(=O)CC1CC(N)C[C@@]2(CCC3(C=CC(=O)C=C3)O2)O1. The summed E-state index contributed by atoms with van der Waals surface area (Å²) in [7, 11) is 0. The van der Waals surface area contributed by atoms with Crippen molar-refractivity contribution in [1.82, 2.24) is 0 Å². The van der Waals surface area contributed by atoms with Crippen LogP contribution in [0.2, 0.25) is 0 Å². The molecular weight excluding hydrogens is 478 g/mol. The van der Waals surface area contributed by atoms with Crippen molar-refractivity contribution in [1.29, 1.82) is 0 Å². The summed E-state index contributed by atoms with van der Waals surface area (Å²) in [5.74, 6) is -1.02. The largest absolute Gasteiger partial charge is 0.462 e. The van der Waals surface area contributed by atoms with Crippen LogP contribution in [0.1, 0.15) is 136 Å². The molecule has 2 fully saturated rings. The maximum atomic E-state index is 13.1. The molecule has 0 aromatic carbocycles. The Morgan fingerprint density at radius 1 is 0.947 bits per heavy atom. The summed E-state index contributed by atoms with van der Waals surface area (Å²) in [4.78, 5) is 24.7. The van der Waals surface area contributed by atoms with E-state index in [1.165, 1.54) is 64.2 Å². The predicted octanol–water partition coefficient (Wildman–Crippen LogP) is 7.24. The van der Waals surface area contributed by atoms with Crippen LogP contribution in [0, 0.1) is 0 Å². The molecule has 0 bridgehead atoms. The number of ether oxygens (including phenoxy) is 3. The number of carbonyl (C=O) groups is 2. The highest BCUT2D eigenvalue weighted by Gasteiger charge is 2.52. The minimum Gasteiger partial charge on any atom is -0.462 e. The third-order valence-electron chi connectivity index (χ3n) is 8.30. The zero-order valence-corrected chi connectivity index (χ0v) is 24.1. The molecule has 0 radical (unpaired) electrons. The average molecular weight is 532 g/mol. The number of esters is 1. The zero-order valence-electron chi connectivity index (χ0n) is 24.1. The highest BCUT2D eigenvalue weighted by atomic mass is 16.7. The number of hydrogen-bond acceptors (Lipinski definition) is 6. The number of ketones is 1. The smallest absolute Gasteiger partial charge is 0.308 e. The predicted molar refractivity (Wildman–Crippen MR) is 152 cm³/mol. The Bertz CT molecular complexity index is 777. The number of rotatable bonds is 17. The highest BCUT2D eigenvalue weighted by Crippen LogP contribution is 2.47. The van der Waals surface area contributed by atoms with Gasteiger partial charge in [-0.2, -0.15) is 0 Å². The van der Waals surface area contributed by atoms with Crippen molar-refractivity contribution in [3.8, 4) is 0 Å². The fourth-order valence-electron chi connectivity index (χ4n) is 6.19. The summed E-state index contributed by atoms with van der Waals surface area (Å²) < 4.78 is 18.9. The van der Waals surface area contributed by atoms with Crippen LogP contribution in [0.4, 0.5) is 0 Å². The molecule has 38 heavy (non-hydrogen) atoms. The summed E-state index contributed by atoms with van der Waals surface area (Å²) in [6.07, 6.45) is 26.1. The van der Waals surface area contributed by atoms with Crippen molar-refractivity contribution >= 4 is 11.8 Å². The molecule has 2 N–H and O–H groups in total. The van der Waals surface area contributed by atoms with Gasteiger partial charge in [-0.25, -0.2) is 0 Å². The van der Waals surface area contributed by atoms with Crippen LogP contribution >= 0.6 is 0 Å². The number of carbonyl (C=O) groups excluding carboxylic acids is 2. The molecule has 2 aliphatic heterocycles. The van der Waals surface area contributed by atoms with Crippen molar-refractivity contribution in [3.63, 3.8) is 0 Å². The van der Waals surface area contributed by atoms with Gasteiger partial charge in [0, 0.05) is 18.9 Å². The maximum absolute atomic E-state index is 13.1. The first-order valence-corrected chi connectivity index (χ1v) is 15.6. The molecule has 216 valence electrons. The third-order valence-corrected chi connectivity index (χ3v) is 8.30. The van der Waals surface area contributed by atoms with E-state index in [1.807, 2.05) is 12.2 Å². The van der Waals surface area contributed by atoms with Gasteiger partial charge in [-0.05, 0) is 62.8 Å². The molecule has 0 amide bonds. The van der Waals surface area contributed by atoms with Gasteiger partial charge in [0.1, 0.15) is 11.7 Å². The normalized spacial score (nSPS) is 26.9. The lowest BCUT2D eigenvalue weighted by Crippen LogP contribution is -2.50. The van der Waals surface area contributed by atoms with E-state index in [-0.39, 0.29) is 36.4 Å². The average Bonchev–Trinajstić information content (AvgIpc) is 3.21. The van der Waals surface area contributed by atoms with Crippen molar-refractivity contribution in [2.24, 2.45) is 5.73 Å². The second-order valence-electron chi connectivity index (χ2n) is 11.9. The van der Waals surface area contributed by atoms with Crippen molar-refractivity contribution in [2.75, 3.05) is 0 Å². The molecule has 2 saturated heterocycles. The van der Waals surface area contributed by atoms with Crippen LogP contribution in [-0.2, 0) is 23.8 Å². The van der Waals surface area contributed by atoms with Gasteiger partial charge in [0.05, 0.1) is 12.5 Å². The van der Waals surface area contributed by atoms with E-state index < -0.39 is 11.4 Å². The van der Waals surface area contributed by atoms with Gasteiger partial charge >= 0.3 is 5.97 Å². The minimum atomic E-state index is -0.811. The molecule has 6 heteroatoms. The van der Waals surface area contributed by atoms with Crippen LogP contribution in [0.25, 0.3) is 0 Å². The number of nitrogens with two attached hydrogens (primary N) is 1. The van der Waals surface area contributed by atoms with Crippen LogP contribution in [0.15, 0.2) is 24.3 Å². The molecule has 4 atom stereocenters. The Balaban J connectivity index is 1.48. The molecule has 3 unspecified atom stereocenters. The summed E-state index contributed by atoms with van der Waals surface area (Å²) in [5.41, 5.74) is 5.81. The van der Waals surface area contributed by atoms with Gasteiger partial charge in [0.15, 0.2) is 11.6 Å². The molecule has 2 spiro atoms. The topological polar surface area (TPSA) is 87.9 Å². The van der Waals surface area contributed by atoms with Gasteiger partial charge in [0.2, 0.25) is 0 Å². The lowest BCUT2D eigenvalue weighted by atomic mass is 9.91. The fraction of sp³-hybridized carbons (Fsp3) is 0.812. The zero-order chi connectivity index (χ0) is 27.3. The van der Waals surface area contributed by atoms with E-state index in [2.05, 4.69) is 13.8 Å². The Hall–Kier alpha value is -1.50. The van der Waals surface area contributed by atoms with Gasteiger partial charge in [-0.1, -0.05) is 78.1 Å². The quantitative estimate of drug-likeness (QED) is 0.157. The summed E-state index contributed by atoms with van der Waals surface area (Å²) in [6.45, 7) is 4.48. The maximum Gasteiger partial charge on any atom is 0.308 e. The van der Waals surface area contributed by atoms with Gasteiger partial charge in [-0.15, -0.1) is 0 Å². The van der Waals surface area contributed by atoms with Gasteiger partial charge in [0.25, 0.3) is 0 Å². The Morgan fingerprint density at radius 2 is 1.53 bits per heavy atom. The first-order valence-electron chi connectivity index (χ1n) is 15.6. The van der Waals surface area contributed by atoms with Crippen LogP contribution in [0.3, 0.4) is 0 Å². The first-order chi connectivity index (χ1) is 18.4. The van der Waals surface area contributed by atoms with Crippen molar-refractivity contribution in [2.45, 2.75) is 165 Å². The van der Waals surface area contributed by atoms with E-state index in [1.54, 1.807) is 12.2 Å². The van der Waals surface area contributed by atoms with Crippen LogP contribution in [-0.4, -0.2) is 41.4 Å². The summed E-state index contributed by atoms with van der Waals surface area (Å²) in [6, 6.07) is -0.100. The monoisotopic (exact) mass is 531 g/mol. The second kappa shape index (κ2) is 15.9. The molecule has 6 nitrogen and oxygen atoms in total.